The summed E-state index contributed by atoms with van der Waals surface area (Å²) in [4.78, 5) is 38.2. The van der Waals surface area contributed by atoms with Crippen LogP contribution in [0.25, 0.3) is 22.0 Å². The van der Waals surface area contributed by atoms with Crippen LogP contribution in [0.5, 0.6) is 0 Å². The Morgan fingerprint density at radius 2 is 1.85 bits per heavy atom. The number of carbonyl (C=O) groups is 2. The topological polar surface area (TPSA) is 104 Å². The van der Waals surface area contributed by atoms with Crippen molar-refractivity contribution < 1.29 is 32.2 Å². The van der Waals surface area contributed by atoms with Gasteiger partial charge < -0.3 is 18.9 Å². The van der Waals surface area contributed by atoms with Crippen LogP contribution in [-0.2, 0) is 42.1 Å². The number of pyridine rings is 1. The predicted molar refractivity (Wildman–Crippen MR) is 171 cm³/mol. The molecule has 5 aromatic rings. The largest absolute Gasteiger partial charge is 0.459 e. The Balaban J connectivity index is 1.33. The van der Waals surface area contributed by atoms with Gasteiger partial charge >= 0.3 is 12.1 Å². The van der Waals surface area contributed by atoms with E-state index in [1.165, 1.54) is 13.2 Å². The van der Waals surface area contributed by atoms with Crippen LogP contribution in [0.15, 0.2) is 61.4 Å². The molecule has 3 aromatic heterocycles. The van der Waals surface area contributed by atoms with Gasteiger partial charge in [-0.05, 0) is 65.4 Å². The summed E-state index contributed by atoms with van der Waals surface area (Å²) in [6.45, 7) is 3.53. The van der Waals surface area contributed by atoms with Crippen molar-refractivity contribution >= 4 is 28.5 Å². The summed E-state index contributed by atoms with van der Waals surface area (Å²) >= 11 is 0. The van der Waals surface area contributed by atoms with E-state index in [1.54, 1.807) is 58.7 Å². The summed E-state index contributed by atoms with van der Waals surface area (Å²) in [7, 11) is 1.44. The van der Waals surface area contributed by atoms with Crippen molar-refractivity contribution in [1.29, 1.82) is 0 Å². The second kappa shape index (κ2) is 12.5. The van der Waals surface area contributed by atoms with Crippen molar-refractivity contribution in [3.63, 3.8) is 0 Å². The fourth-order valence-corrected chi connectivity index (χ4v) is 6.61. The molecule has 10 nitrogen and oxygen atoms in total. The maximum Gasteiger partial charge on any atom is 0.435 e. The summed E-state index contributed by atoms with van der Waals surface area (Å²) in [5.74, 6) is -0.837. The number of amides is 1. The minimum atomic E-state index is -4.69. The average Bonchev–Trinajstić information content (AvgIpc) is 3.74. The van der Waals surface area contributed by atoms with Crippen LogP contribution in [0.2, 0.25) is 0 Å². The van der Waals surface area contributed by atoms with Gasteiger partial charge in [0.15, 0.2) is 5.69 Å². The van der Waals surface area contributed by atoms with Crippen LogP contribution in [0.4, 0.5) is 18.9 Å². The van der Waals surface area contributed by atoms with Crippen molar-refractivity contribution in [2.24, 2.45) is 7.05 Å². The summed E-state index contributed by atoms with van der Waals surface area (Å²) in [6, 6.07) is 8.90. The van der Waals surface area contributed by atoms with E-state index < -0.39 is 17.8 Å². The van der Waals surface area contributed by atoms with Crippen molar-refractivity contribution in [3.05, 3.63) is 95.0 Å². The van der Waals surface area contributed by atoms with E-state index in [0.29, 0.717) is 89.8 Å². The molecule has 0 bridgehead atoms. The smallest absolute Gasteiger partial charge is 0.435 e. The van der Waals surface area contributed by atoms with E-state index in [4.69, 9.17) is 9.47 Å². The number of ether oxygens (including phenoxy) is 2. The molecule has 48 heavy (non-hydrogen) atoms. The van der Waals surface area contributed by atoms with Gasteiger partial charge in [0, 0.05) is 74.3 Å². The number of aryl methyl sites for hydroxylation is 2. The number of rotatable bonds is 7. The lowest BCUT2D eigenvalue weighted by atomic mass is 9.87. The van der Waals surface area contributed by atoms with Gasteiger partial charge in [0.1, 0.15) is 6.10 Å². The number of carbonyl (C=O) groups excluding carboxylic acids is 2. The van der Waals surface area contributed by atoms with E-state index in [-0.39, 0.29) is 24.1 Å². The Kier molecular flexibility index (Phi) is 8.24. The lowest BCUT2D eigenvalue weighted by Crippen LogP contribution is -2.38. The van der Waals surface area contributed by atoms with Gasteiger partial charge in [-0.15, -0.1) is 0 Å². The molecular formula is C35H33F3N6O4. The van der Waals surface area contributed by atoms with Gasteiger partial charge in [0.05, 0.1) is 36.3 Å². The molecule has 7 rings (SSSR count). The molecule has 13 heteroatoms. The number of anilines is 1. The molecule has 1 amide bonds. The van der Waals surface area contributed by atoms with Crippen molar-refractivity contribution in [2.45, 2.75) is 51.4 Å². The molecule has 0 radical (unpaired) electrons. The second-order valence-electron chi connectivity index (χ2n) is 12.1. The summed E-state index contributed by atoms with van der Waals surface area (Å²) in [6.07, 6.45) is 5.09. The number of aromatic nitrogens is 5. The first-order valence-electron chi connectivity index (χ1n) is 15.9. The van der Waals surface area contributed by atoms with E-state index in [9.17, 15) is 22.8 Å². The van der Waals surface area contributed by atoms with Gasteiger partial charge in [-0.25, -0.2) is 9.78 Å². The third kappa shape index (κ3) is 5.94. The van der Waals surface area contributed by atoms with E-state index in [0.717, 1.165) is 10.2 Å². The fraction of sp³-hybridized carbons (Fsp3) is 0.343. The molecule has 0 N–H and O–H groups in total. The summed E-state index contributed by atoms with van der Waals surface area (Å²) in [5.41, 5.74) is 2.88. The molecule has 1 fully saturated rings. The van der Waals surface area contributed by atoms with Crippen LogP contribution >= 0.6 is 0 Å². The molecule has 248 valence electrons. The van der Waals surface area contributed by atoms with Crippen molar-refractivity contribution in [2.75, 3.05) is 24.7 Å². The lowest BCUT2D eigenvalue weighted by Gasteiger charge is -2.31. The van der Waals surface area contributed by atoms with Crippen LogP contribution in [-0.4, -0.2) is 62.1 Å². The molecule has 2 aromatic carbocycles. The number of benzene rings is 2. The molecule has 0 saturated carbocycles. The first kappa shape index (κ1) is 31.6. The molecular weight excluding hydrogens is 625 g/mol. The summed E-state index contributed by atoms with van der Waals surface area (Å²) < 4.78 is 56.7. The monoisotopic (exact) mass is 658 g/mol. The minimum absolute atomic E-state index is 0.0791. The van der Waals surface area contributed by atoms with Crippen LogP contribution in [0.3, 0.4) is 0 Å². The zero-order chi connectivity index (χ0) is 33.6. The SMILES string of the molecule is CCc1cc(C(=O)OC2CCOCC2)c2nccc(N3CCc4c(cc(Cn5ccnc5)cc4-c4cn(C)nc4C(F)(F)F)C3=O)c2c1. The Bertz CT molecular complexity index is 2020. The number of imidazole rings is 1. The molecule has 0 atom stereocenters. The van der Waals surface area contributed by atoms with E-state index >= 15 is 0 Å². The van der Waals surface area contributed by atoms with Crippen LogP contribution < -0.4 is 4.90 Å². The molecule has 5 heterocycles. The van der Waals surface area contributed by atoms with E-state index in [2.05, 4.69) is 15.1 Å². The van der Waals surface area contributed by atoms with Gasteiger partial charge in [0.2, 0.25) is 0 Å². The highest BCUT2D eigenvalue weighted by atomic mass is 19.4. The normalized spacial score (nSPS) is 15.6. The highest BCUT2D eigenvalue weighted by Gasteiger charge is 2.39. The zero-order valence-corrected chi connectivity index (χ0v) is 26.5. The standard InChI is InChI=1S/C35H33F3N6O4/c1-3-21-14-27-30(4-8-40-31(27)28(15-21)34(46)48-23-6-12-47-13-7-23)44-10-5-24-25(29-19-42(2)41-32(29)35(36,37)38)16-22(17-26(24)33(44)45)18-43-11-9-39-20-43/h4,8-9,11,14-17,19-20,23H,3,5-7,10,12-13,18H2,1-2H3. The number of hydrogen-bond acceptors (Lipinski definition) is 7. The zero-order valence-electron chi connectivity index (χ0n) is 26.5. The minimum Gasteiger partial charge on any atom is -0.459 e. The third-order valence-corrected chi connectivity index (χ3v) is 8.93. The highest BCUT2D eigenvalue weighted by molar-refractivity contribution is 6.15. The van der Waals surface area contributed by atoms with Crippen LogP contribution in [0.1, 0.15) is 62.9 Å². The lowest BCUT2D eigenvalue weighted by molar-refractivity contribution is -0.141. The molecule has 0 aliphatic carbocycles. The predicted octanol–water partition coefficient (Wildman–Crippen LogP) is 6.00. The number of nitrogens with zero attached hydrogens (tertiary/aromatic N) is 6. The third-order valence-electron chi connectivity index (χ3n) is 8.93. The Hall–Kier alpha value is -5.04. The molecule has 2 aliphatic rings. The van der Waals surface area contributed by atoms with E-state index in [1.807, 2.05) is 13.0 Å². The van der Waals surface area contributed by atoms with Gasteiger partial charge in [-0.3, -0.25) is 14.5 Å². The highest BCUT2D eigenvalue weighted by Crippen LogP contribution is 2.41. The second-order valence-corrected chi connectivity index (χ2v) is 12.1. The quantitative estimate of drug-likeness (QED) is 0.198. The van der Waals surface area contributed by atoms with Gasteiger partial charge in [-0.1, -0.05) is 6.92 Å². The molecule has 2 aliphatic heterocycles. The maximum atomic E-state index is 14.5. The average molecular weight is 659 g/mol. The molecule has 0 unspecified atom stereocenters. The Labute approximate surface area is 274 Å². The Morgan fingerprint density at radius 3 is 2.58 bits per heavy atom. The number of hydrogen-bond donors (Lipinski definition) is 0. The van der Waals surface area contributed by atoms with Crippen LogP contribution in [0, 0.1) is 0 Å². The number of alkyl halides is 3. The number of halogens is 3. The van der Waals surface area contributed by atoms with Crippen molar-refractivity contribution in [1.82, 2.24) is 24.3 Å². The first-order valence-corrected chi connectivity index (χ1v) is 15.9. The Morgan fingerprint density at radius 1 is 1.06 bits per heavy atom. The fourth-order valence-electron chi connectivity index (χ4n) is 6.61. The molecule has 0 spiro atoms. The molecule has 1 saturated heterocycles. The maximum absolute atomic E-state index is 14.5. The summed E-state index contributed by atoms with van der Waals surface area (Å²) in [5, 5.41) is 4.35. The van der Waals surface area contributed by atoms with Gasteiger partial charge in [-0.2, -0.15) is 18.3 Å². The number of esters is 1. The van der Waals surface area contributed by atoms with Crippen molar-refractivity contribution in [3.8, 4) is 11.1 Å². The van der Waals surface area contributed by atoms with Gasteiger partial charge in [0.25, 0.3) is 5.91 Å². The first-order chi connectivity index (χ1) is 23.1. The number of fused-ring (bicyclic) bond motifs is 2.